The number of aryl methyl sites for hydroxylation is 1. The summed E-state index contributed by atoms with van der Waals surface area (Å²) < 4.78 is 0. The monoisotopic (exact) mass is 344 g/mol. The van der Waals surface area contributed by atoms with Crippen molar-refractivity contribution in [1.29, 1.82) is 0 Å². The highest BCUT2D eigenvalue weighted by molar-refractivity contribution is 5.87. The Morgan fingerprint density at radius 1 is 1.00 bits per heavy atom. The topological polar surface area (TPSA) is 46.3 Å². The lowest BCUT2D eigenvalue weighted by atomic mass is 9.97. The van der Waals surface area contributed by atoms with Crippen molar-refractivity contribution >= 4 is 22.4 Å². The van der Waals surface area contributed by atoms with Crippen LogP contribution in [0.4, 0.5) is 5.69 Å². The third-order valence-corrected chi connectivity index (χ3v) is 5.42. The zero-order valence-electron chi connectivity index (χ0n) is 14.9. The molecule has 0 radical (unpaired) electrons. The molecule has 1 fully saturated rings. The van der Waals surface area contributed by atoms with Gasteiger partial charge in [0.2, 0.25) is 5.91 Å². The molecule has 1 atom stereocenters. The van der Waals surface area contributed by atoms with Crippen LogP contribution in [0.3, 0.4) is 0 Å². The third-order valence-electron chi connectivity index (χ3n) is 5.42. The lowest BCUT2D eigenvalue weighted by Gasteiger charge is -2.26. The molecular weight excluding hydrogens is 320 g/mol. The maximum Gasteiger partial charge on any atom is 0.223 e. The Hall–Kier alpha value is -2.81. The molecule has 0 spiro atoms. The van der Waals surface area contributed by atoms with E-state index in [4.69, 9.17) is 5.73 Å². The molecule has 0 saturated carbocycles. The number of nitrogens with zero attached hydrogens (tertiary/aromatic N) is 1. The first-order chi connectivity index (χ1) is 12.7. The fraction of sp³-hybridized carbons (Fsp3) is 0.261. The molecule has 3 heteroatoms. The van der Waals surface area contributed by atoms with Gasteiger partial charge in [-0.05, 0) is 47.2 Å². The lowest BCUT2D eigenvalue weighted by Crippen LogP contribution is -2.30. The number of benzene rings is 3. The first kappa shape index (κ1) is 16.6. The molecule has 1 aliphatic heterocycles. The minimum Gasteiger partial charge on any atom is -0.399 e. The van der Waals surface area contributed by atoms with E-state index in [-0.39, 0.29) is 11.9 Å². The summed E-state index contributed by atoms with van der Waals surface area (Å²) in [5.41, 5.74) is 9.12. The number of nitrogens with two attached hydrogens (primary N) is 1. The van der Waals surface area contributed by atoms with Gasteiger partial charge >= 0.3 is 0 Å². The van der Waals surface area contributed by atoms with Crippen molar-refractivity contribution < 1.29 is 4.79 Å². The molecule has 3 aromatic rings. The van der Waals surface area contributed by atoms with E-state index in [1.807, 2.05) is 24.3 Å². The van der Waals surface area contributed by atoms with Crippen molar-refractivity contribution in [2.45, 2.75) is 31.7 Å². The van der Waals surface area contributed by atoms with Crippen molar-refractivity contribution in [2.24, 2.45) is 0 Å². The minimum atomic E-state index is 0.182. The second kappa shape index (κ2) is 7.20. The zero-order chi connectivity index (χ0) is 17.9. The van der Waals surface area contributed by atoms with Gasteiger partial charge in [0.1, 0.15) is 0 Å². The SMILES string of the molecule is Nc1ccccc1CCC(=O)N1CCCC1c1cccc2ccccc12. The van der Waals surface area contributed by atoms with Gasteiger partial charge in [-0.15, -0.1) is 0 Å². The number of rotatable bonds is 4. The number of amides is 1. The first-order valence-electron chi connectivity index (χ1n) is 9.34. The van der Waals surface area contributed by atoms with E-state index in [0.717, 1.165) is 30.6 Å². The van der Waals surface area contributed by atoms with Gasteiger partial charge in [0.25, 0.3) is 0 Å². The van der Waals surface area contributed by atoms with Crippen molar-refractivity contribution in [1.82, 2.24) is 4.90 Å². The summed E-state index contributed by atoms with van der Waals surface area (Å²) in [7, 11) is 0. The number of nitrogen functional groups attached to an aromatic ring is 1. The van der Waals surface area contributed by atoms with Crippen LogP contribution in [-0.4, -0.2) is 17.4 Å². The van der Waals surface area contributed by atoms with Gasteiger partial charge in [-0.1, -0.05) is 60.7 Å². The van der Waals surface area contributed by atoms with Crippen LogP contribution >= 0.6 is 0 Å². The number of carbonyl (C=O) groups is 1. The summed E-state index contributed by atoms with van der Waals surface area (Å²) in [6.45, 7) is 0.844. The largest absolute Gasteiger partial charge is 0.399 e. The van der Waals surface area contributed by atoms with E-state index >= 15 is 0 Å². The molecule has 26 heavy (non-hydrogen) atoms. The van der Waals surface area contributed by atoms with E-state index in [2.05, 4.69) is 47.4 Å². The van der Waals surface area contributed by atoms with E-state index in [9.17, 15) is 4.79 Å². The molecule has 0 aliphatic carbocycles. The molecular formula is C23H24N2O. The minimum absolute atomic E-state index is 0.182. The molecule has 1 heterocycles. The Kier molecular flexibility index (Phi) is 4.61. The highest BCUT2D eigenvalue weighted by Gasteiger charge is 2.30. The summed E-state index contributed by atoms with van der Waals surface area (Å²) in [5, 5.41) is 2.49. The van der Waals surface area contributed by atoms with Crippen LogP contribution < -0.4 is 5.73 Å². The molecule has 3 aromatic carbocycles. The molecule has 132 valence electrons. The van der Waals surface area contributed by atoms with E-state index in [1.54, 1.807) is 0 Å². The average molecular weight is 344 g/mol. The number of para-hydroxylation sites is 1. The molecule has 1 saturated heterocycles. The molecule has 4 rings (SSSR count). The smallest absolute Gasteiger partial charge is 0.223 e. The second-order valence-electron chi connectivity index (χ2n) is 7.01. The number of anilines is 1. The Balaban J connectivity index is 1.54. The Bertz CT molecular complexity index is 929. The summed E-state index contributed by atoms with van der Waals surface area (Å²) >= 11 is 0. The second-order valence-corrected chi connectivity index (χ2v) is 7.01. The highest BCUT2D eigenvalue weighted by Crippen LogP contribution is 2.36. The van der Waals surface area contributed by atoms with Gasteiger partial charge in [0.15, 0.2) is 0 Å². The molecule has 2 N–H and O–H groups in total. The van der Waals surface area contributed by atoms with Gasteiger partial charge in [0, 0.05) is 18.7 Å². The summed E-state index contributed by atoms with van der Waals surface area (Å²) in [5.74, 6) is 0.226. The molecule has 1 unspecified atom stereocenters. The number of fused-ring (bicyclic) bond motifs is 1. The van der Waals surface area contributed by atoms with Crippen LogP contribution in [0.2, 0.25) is 0 Å². The number of carbonyl (C=O) groups excluding carboxylic acids is 1. The molecule has 0 aromatic heterocycles. The van der Waals surface area contributed by atoms with Crippen LogP contribution in [0.25, 0.3) is 10.8 Å². The van der Waals surface area contributed by atoms with Gasteiger partial charge in [0.05, 0.1) is 6.04 Å². The highest BCUT2D eigenvalue weighted by atomic mass is 16.2. The zero-order valence-corrected chi connectivity index (χ0v) is 14.9. The molecule has 3 nitrogen and oxygen atoms in total. The van der Waals surface area contributed by atoms with Crippen molar-refractivity contribution in [3.05, 3.63) is 77.9 Å². The maximum absolute atomic E-state index is 12.9. The van der Waals surface area contributed by atoms with Crippen LogP contribution in [0.5, 0.6) is 0 Å². The molecule has 1 amide bonds. The van der Waals surface area contributed by atoms with E-state index in [1.165, 1.54) is 16.3 Å². The van der Waals surface area contributed by atoms with Gasteiger partial charge < -0.3 is 10.6 Å². The summed E-state index contributed by atoms with van der Waals surface area (Å²) in [6, 6.07) is 22.8. The van der Waals surface area contributed by atoms with Crippen molar-refractivity contribution in [3.63, 3.8) is 0 Å². The number of likely N-dealkylation sites (tertiary alicyclic amines) is 1. The fourth-order valence-corrected chi connectivity index (χ4v) is 4.08. The fourth-order valence-electron chi connectivity index (χ4n) is 4.08. The maximum atomic E-state index is 12.9. The van der Waals surface area contributed by atoms with E-state index < -0.39 is 0 Å². The van der Waals surface area contributed by atoms with Gasteiger partial charge in [-0.25, -0.2) is 0 Å². The summed E-state index contributed by atoms with van der Waals surface area (Å²) in [4.78, 5) is 15.0. The predicted octanol–water partition coefficient (Wildman–Crippen LogP) is 4.72. The Labute approximate surface area is 154 Å². The quantitative estimate of drug-likeness (QED) is 0.696. The van der Waals surface area contributed by atoms with Crippen LogP contribution in [-0.2, 0) is 11.2 Å². The third kappa shape index (κ3) is 3.17. The van der Waals surface area contributed by atoms with Crippen LogP contribution in [0.15, 0.2) is 66.7 Å². The van der Waals surface area contributed by atoms with Crippen molar-refractivity contribution in [3.8, 4) is 0 Å². The lowest BCUT2D eigenvalue weighted by molar-refractivity contribution is -0.132. The molecule has 1 aliphatic rings. The average Bonchev–Trinajstić information content (AvgIpc) is 3.16. The predicted molar refractivity (Wildman–Crippen MR) is 107 cm³/mol. The van der Waals surface area contributed by atoms with Gasteiger partial charge in [-0.2, -0.15) is 0 Å². The number of hydrogen-bond donors (Lipinski definition) is 1. The normalized spacial score (nSPS) is 16.9. The Morgan fingerprint density at radius 3 is 2.65 bits per heavy atom. The van der Waals surface area contributed by atoms with Crippen LogP contribution in [0.1, 0.15) is 36.4 Å². The first-order valence-corrected chi connectivity index (χ1v) is 9.34. The Morgan fingerprint density at radius 2 is 1.77 bits per heavy atom. The number of hydrogen-bond acceptors (Lipinski definition) is 2. The summed E-state index contributed by atoms with van der Waals surface area (Å²) in [6.07, 6.45) is 3.31. The van der Waals surface area contributed by atoms with Crippen molar-refractivity contribution in [2.75, 3.05) is 12.3 Å². The van der Waals surface area contributed by atoms with E-state index in [0.29, 0.717) is 12.8 Å². The molecule has 0 bridgehead atoms. The van der Waals surface area contributed by atoms with Crippen LogP contribution in [0, 0.1) is 0 Å². The van der Waals surface area contributed by atoms with Gasteiger partial charge in [-0.3, -0.25) is 4.79 Å². The standard InChI is InChI=1S/C23H24N2O/c24-21-12-4-2-8-18(21)14-15-23(26)25-16-6-13-22(25)20-11-5-9-17-7-1-3-10-19(17)20/h1-5,7-12,22H,6,13-16,24H2.